The van der Waals surface area contributed by atoms with Crippen molar-refractivity contribution < 1.29 is 23.7 Å². The molecular weight excluding hydrogens is 334 g/mol. The Hall–Kier alpha value is -2.21. The number of nitrogens with zero attached hydrogens (tertiary/aromatic N) is 1. The van der Waals surface area contributed by atoms with E-state index < -0.39 is 5.60 Å². The van der Waals surface area contributed by atoms with Crippen molar-refractivity contribution in [3.8, 4) is 11.5 Å². The number of likely N-dealkylation sites (tertiary alicyclic amines) is 1. The number of rotatable bonds is 6. The Bertz CT molecular complexity index is 636. The molecule has 0 radical (unpaired) electrons. The average molecular weight is 363 g/mol. The molecule has 0 N–H and O–H groups in total. The first kappa shape index (κ1) is 20.1. The summed E-state index contributed by atoms with van der Waals surface area (Å²) in [6.45, 7) is 6.53. The van der Waals surface area contributed by atoms with E-state index in [2.05, 4.69) is 0 Å². The van der Waals surface area contributed by atoms with E-state index in [1.807, 2.05) is 51.1 Å². The maximum absolute atomic E-state index is 12.3. The Morgan fingerprint density at radius 3 is 2.69 bits per heavy atom. The molecule has 1 saturated heterocycles. The zero-order chi connectivity index (χ0) is 19.2. The van der Waals surface area contributed by atoms with Gasteiger partial charge in [-0.05, 0) is 51.3 Å². The summed E-state index contributed by atoms with van der Waals surface area (Å²) in [5.74, 6) is 1.27. The molecule has 6 heteroatoms. The molecular formula is C20H29NO5. The molecule has 1 fully saturated rings. The van der Waals surface area contributed by atoms with Crippen LogP contribution < -0.4 is 9.47 Å². The molecule has 0 saturated carbocycles. The molecule has 0 spiro atoms. The number of ether oxygens (including phenoxy) is 4. The third-order valence-electron chi connectivity index (χ3n) is 3.96. The van der Waals surface area contributed by atoms with Crippen LogP contribution in [0.2, 0.25) is 0 Å². The molecule has 1 amide bonds. The quantitative estimate of drug-likeness (QED) is 0.713. The number of methoxy groups -OCH3 is 2. The second kappa shape index (κ2) is 8.94. The number of carbonyl (C=O) groups excluding carboxylic acids is 1. The van der Waals surface area contributed by atoms with E-state index in [1.165, 1.54) is 0 Å². The van der Waals surface area contributed by atoms with Crippen molar-refractivity contribution in [2.45, 2.75) is 45.3 Å². The lowest BCUT2D eigenvalue weighted by atomic mass is 10.1. The van der Waals surface area contributed by atoms with Crippen LogP contribution in [-0.4, -0.2) is 50.2 Å². The highest BCUT2D eigenvalue weighted by Crippen LogP contribution is 2.29. The van der Waals surface area contributed by atoms with Crippen LogP contribution in [0.5, 0.6) is 11.5 Å². The molecule has 1 atom stereocenters. The summed E-state index contributed by atoms with van der Waals surface area (Å²) in [7, 11) is 3.17. The molecule has 0 aromatic heterocycles. The fourth-order valence-electron chi connectivity index (χ4n) is 2.79. The standard InChI is InChI=1S/C20H29NO5/c1-20(2,3)26-19(22)21-12-6-7-16(21)10-8-15-9-11-17(25-14-23-4)18(13-15)24-5/h8-11,13,16H,6-7,12,14H2,1-5H3/b10-8+. The zero-order valence-corrected chi connectivity index (χ0v) is 16.3. The largest absolute Gasteiger partial charge is 0.493 e. The molecule has 2 rings (SSSR count). The van der Waals surface area contributed by atoms with Gasteiger partial charge in [0, 0.05) is 13.7 Å². The lowest BCUT2D eigenvalue weighted by molar-refractivity contribution is 0.0256. The monoisotopic (exact) mass is 363 g/mol. The summed E-state index contributed by atoms with van der Waals surface area (Å²) >= 11 is 0. The lowest BCUT2D eigenvalue weighted by Gasteiger charge is -2.27. The highest BCUT2D eigenvalue weighted by Gasteiger charge is 2.30. The van der Waals surface area contributed by atoms with Crippen LogP contribution in [-0.2, 0) is 9.47 Å². The van der Waals surface area contributed by atoms with Gasteiger partial charge in [-0.1, -0.05) is 18.2 Å². The van der Waals surface area contributed by atoms with Crippen molar-refractivity contribution in [2.75, 3.05) is 27.6 Å². The van der Waals surface area contributed by atoms with Gasteiger partial charge in [-0.3, -0.25) is 0 Å². The Kier molecular flexibility index (Phi) is 6.91. The molecule has 1 aliphatic heterocycles. The second-order valence-corrected chi connectivity index (χ2v) is 7.20. The summed E-state index contributed by atoms with van der Waals surface area (Å²) in [5, 5.41) is 0. The van der Waals surface area contributed by atoms with Gasteiger partial charge in [-0.15, -0.1) is 0 Å². The predicted octanol–water partition coefficient (Wildman–Crippen LogP) is 4.09. The fourth-order valence-corrected chi connectivity index (χ4v) is 2.79. The van der Waals surface area contributed by atoms with E-state index in [-0.39, 0.29) is 18.9 Å². The van der Waals surface area contributed by atoms with Crippen LogP contribution in [0, 0.1) is 0 Å². The first-order valence-electron chi connectivity index (χ1n) is 8.81. The van der Waals surface area contributed by atoms with Crippen molar-refractivity contribution in [1.29, 1.82) is 0 Å². The Balaban J connectivity index is 2.07. The molecule has 1 unspecified atom stereocenters. The molecule has 0 bridgehead atoms. The third-order valence-corrected chi connectivity index (χ3v) is 3.96. The Labute approximate surface area is 155 Å². The second-order valence-electron chi connectivity index (χ2n) is 7.20. The molecule has 1 aromatic carbocycles. The normalized spacial score (nSPS) is 17.6. The van der Waals surface area contributed by atoms with E-state index in [0.29, 0.717) is 11.5 Å². The zero-order valence-electron chi connectivity index (χ0n) is 16.3. The van der Waals surface area contributed by atoms with Crippen molar-refractivity contribution in [3.63, 3.8) is 0 Å². The minimum Gasteiger partial charge on any atom is -0.493 e. The van der Waals surface area contributed by atoms with Crippen LogP contribution in [0.25, 0.3) is 6.08 Å². The molecule has 1 heterocycles. The average Bonchev–Trinajstić information content (AvgIpc) is 3.05. The van der Waals surface area contributed by atoms with Gasteiger partial charge in [0.25, 0.3) is 0 Å². The Morgan fingerprint density at radius 1 is 1.27 bits per heavy atom. The topological polar surface area (TPSA) is 57.2 Å². The number of carbonyl (C=O) groups is 1. The predicted molar refractivity (Wildman–Crippen MR) is 100 cm³/mol. The SMILES string of the molecule is COCOc1ccc(/C=C/C2CCCN2C(=O)OC(C)(C)C)cc1OC. The Morgan fingerprint density at radius 2 is 2.04 bits per heavy atom. The van der Waals surface area contributed by atoms with Crippen molar-refractivity contribution in [2.24, 2.45) is 0 Å². The molecule has 144 valence electrons. The van der Waals surface area contributed by atoms with Gasteiger partial charge >= 0.3 is 6.09 Å². The lowest BCUT2D eigenvalue weighted by Crippen LogP contribution is -2.39. The van der Waals surface area contributed by atoms with E-state index in [0.717, 1.165) is 24.9 Å². The molecule has 6 nitrogen and oxygen atoms in total. The van der Waals surface area contributed by atoms with Crippen LogP contribution in [0.3, 0.4) is 0 Å². The first-order valence-corrected chi connectivity index (χ1v) is 8.81. The summed E-state index contributed by atoms with van der Waals surface area (Å²) in [4.78, 5) is 14.1. The van der Waals surface area contributed by atoms with Gasteiger partial charge in [0.1, 0.15) is 5.60 Å². The molecule has 1 aliphatic rings. The smallest absolute Gasteiger partial charge is 0.410 e. The summed E-state index contributed by atoms with van der Waals surface area (Å²) in [6.07, 6.45) is 5.69. The maximum atomic E-state index is 12.3. The van der Waals surface area contributed by atoms with Crippen LogP contribution in [0.15, 0.2) is 24.3 Å². The number of hydrogen-bond donors (Lipinski definition) is 0. The van der Waals surface area contributed by atoms with E-state index in [1.54, 1.807) is 19.1 Å². The summed E-state index contributed by atoms with van der Waals surface area (Å²) < 4.78 is 21.3. The van der Waals surface area contributed by atoms with Gasteiger partial charge in [-0.25, -0.2) is 4.79 Å². The van der Waals surface area contributed by atoms with Crippen molar-refractivity contribution in [3.05, 3.63) is 29.8 Å². The number of benzene rings is 1. The summed E-state index contributed by atoms with van der Waals surface area (Å²) in [6, 6.07) is 5.73. The maximum Gasteiger partial charge on any atom is 0.410 e. The van der Waals surface area contributed by atoms with Gasteiger partial charge in [0.15, 0.2) is 18.3 Å². The van der Waals surface area contributed by atoms with E-state index >= 15 is 0 Å². The minimum absolute atomic E-state index is 0.0419. The number of amides is 1. The number of hydrogen-bond acceptors (Lipinski definition) is 5. The fraction of sp³-hybridized carbons (Fsp3) is 0.550. The van der Waals surface area contributed by atoms with E-state index in [9.17, 15) is 4.79 Å². The first-order chi connectivity index (χ1) is 12.3. The van der Waals surface area contributed by atoms with Gasteiger partial charge in [0.2, 0.25) is 0 Å². The molecule has 0 aliphatic carbocycles. The van der Waals surface area contributed by atoms with E-state index in [4.69, 9.17) is 18.9 Å². The van der Waals surface area contributed by atoms with Gasteiger partial charge < -0.3 is 23.8 Å². The van der Waals surface area contributed by atoms with Crippen molar-refractivity contribution in [1.82, 2.24) is 4.90 Å². The van der Waals surface area contributed by atoms with Crippen LogP contribution in [0.1, 0.15) is 39.2 Å². The highest BCUT2D eigenvalue weighted by atomic mass is 16.7. The minimum atomic E-state index is -0.487. The summed E-state index contributed by atoms with van der Waals surface area (Å²) in [5.41, 5.74) is 0.488. The van der Waals surface area contributed by atoms with Gasteiger partial charge in [0.05, 0.1) is 13.2 Å². The third kappa shape index (κ3) is 5.66. The molecule has 1 aromatic rings. The van der Waals surface area contributed by atoms with Crippen LogP contribution >= 0.6 is 0 Å². The van der Waals surface area contributed by atoms with Crippen molar-refractivity contribution >= 4 is 12.2 Å². The van der Waals surface area contributed by atoms with Gasteiger partial charge in [-0.2, -0.15) is 0 Å². The highest BCUT2D eigenvalue weighted by molar-refractivity contribution is 5.69. The molecule has 26 heavy (non-hydrogen) atoms. The van der Waals surface area contributed by atoms with Crippen LogP contribution in [0.4, 0.5) is 4.79 Å².